The highest BCUT2D eigenvalue weighted by Crippen LogP contribution is 2.25. The van der Waals surface area contributed by atoms with Crippen molar-refractivity contribution < 1.29 is 14.3 Å². The zero-order valence-corrected chi connectivity index (χ0v) is 17.6. The molecule has 7 nitrogen and oxygen atoms in total. The van der Waals surface area contributed by atoms with Gasteiger partial charge in [0, 0.05) is 12.1 Å². The topological polar surface area (TPSA) is 78.3 Å². The van der Waals surface area contributed by atoms with Crippen molar-refractivity contribution >= 4 is 17.7 Å². The van der Waals surface area contributed by atoms with Gasteiger partial charge in [0.1, 0.15) is 18.1 Å². The SMILES string of the molecule is C=CCn1c(SCC(=O)NCCOc2ccccc2)nnc1-c1ccc(OC)cc1. The Morgan fingerprint density at radius 2 is 1.90 bits per heavy atom. The number of ether oxygens (including phenoxy) is 2. The van der Waals surface area contributed by atoms with E-state index in [9.17, 15) is 4.79 Å². The summed E-state index contributed by atoms with van der Waals surface area (Å²) in [6.45, 7) is 5.20. The maximum atomic E-state index is 12.2. The normalized spacial score (nSPS) is 10.4. The van der Waals surface area contributed by atoms with Crippen molar-refractivity contribution in [1.29, 1.82) is 0 Å². The molecule has 8 heteroatoms. The average molecular weight is 425 g/mol. The van der Waals surface area contributed by atoms with Crippen LogP contribution in [0.15, 0.2) is 72.4 Å². The molecule has 0 unspecified atom stereocenters. The molecule has 0 saturated heterocycles. The van der Waals surface area contributed by atoms with Crippen LogP contribution in [0.5, 0.6) is 11.5 Å². The summed E-state index contributed by atoms with van der Waals surface area (Å²) < 4.78 is 12.7. The lowest BCUT2D eigenvalue weighted by atomic mass is 10.2. The highest BCUT2D eigenvalue weighted by atomic mass is 32.2. The Kier molecular flexibility index (Phi) is 7.91. The van der Waals surface area contributed by atoms with Crippen LogP contribution in [0.4, 0.5) is 0 Å². The number of benzene rings is 2. The Bertz CT molecular complexity index is 958. The summed E-state index contributed by atoms with van der Waals surface area (Å²) in [6.07, 6.45) is 1.78. The van der Waals surface area contributed by atoms with E-state index in [1.807, 2.05) is 59.2 Å². The molecule has 0 fully saturated rings. The molecule has 0 aliphatic carbocycles. The number of hydrogen-bond donors (Lipinski definition) is 1. The van der Waals surface area contributed by atoms with Gasteiger partial charge in [0.15, 0.2) is 11.0 Å². The Balaban J connectivity index is 1.53. The predicted octanol–water partition coefficient (Wildman–Crippen LogP) is 3.43. The minimum atomic E-state index is -0.0872. The summed E-state index contributed by atoms with van der Waals surface area (Å²) in [5.74, 6) is 2.43. The lowest BCUT2D eigenvalue weighted by Crippen LogP contribution is -2.29. The maximum absolute atomic E-state index is 12.2. The maximum Gasteiger partial charge on any atom is 0.230 e. The quantitative estimate of drug-likeness (QED) is 0.289. The van der Waals surface area contributed by atoms with Gasteiger partial charge in [-0.2, -0.15) is 0 Å². The summed E-state index contributed by atoms with van der Waals surface area (Å²) in [5.41, 5.74) is 0.916. The van der Waals surface area contributed by atoms with Gasteiger partial charge in [0.05, 0.1) is 19.4 Å². The van der Waals surface area contributed by atoms with Gasteiger partial charge in [-0.25, -0.2) is 0 Å². The summed E-state index contributed by atoms with van der Waals surface area (Å²) in [6, 6.07) is 17.1. The smallest absolute Gasteiger partial charge is 0.230 e. The Hall–Kier alpha value is -3.26. The Morgan fingerprint density at radius 1 is 1.13 bits per heavy atom. The molecule has 3 aromatic rings. The third-order valence-electron chi connectivity index (χ3n) is 4.15. The molecule has 1 N–H and O–H groups in total. The van der Waals surface area contributed by atoms with Crippen LogP contribution in [0.1, 0.15) is 0 Å². The van der Waals surface area contributed by atoms with Crippen molar-refractivity contribution in [3.63, 3.8) is 0 Å². The van der Waals surface area contributed by atoms with Gasteiger partial charge in [0.25, 0.3) is 0 Å². The number of carbonyl (C=O) groups excluding carboxylic acids is 1. The van der Waals surface area contributed by atoms with Crippen LogP contribution in [0.25, 0.3) is 11.4 Å². The predicted molar refractivity (Wildman–Crippen MR) is 118 cm³/mol. The fraction of sp³-hybridized carbons (Fsp3) is 0.227. The van der Waals surface area contributed by atoms with Crippen molar-refractivity contribution in [3.8, 4) is 22.9 Å². The second-order valence-corrected chi connectivity index (χ2v) is 7.18. The van der Waals surface area contributed by atoms with Crippen LogP contribution in [-0.4, -0.2) is 46.7 Å². The summed E-state index contributed by atoms with van der Waals surface area (Å²) in [5, 5.41) is 12.1. The molecular formula is C22H24N4O3S. The first-order chi connectivity index (χ1) is 14.7. The molecule has 0 aliphatic heterocycles. The number of rotatable bonds is 11. The molecular weight excluding hydrogens is 400 g/mol. The van der Waals surface area contributed by atoms with Gasteiger partial charge in [0.2, 0.25) is 5.91 Å². The van der Waals surface area contributed by atoms with Gasteiger partial charge in [-0.3, -0.25) is 9.36 Å². The minimum Gasteiger partial charge on any atom is -0.497 e. The number of hydrogen-bond acceptors (Lipinski definition) is 6. The van der Waals surface area contributed by atoms with Gasteiger partial charge in [-0.05, 0) is 36.4 Å². The van der Waals surface area contributed by atoms with Gasteiger partial charge in [-0.15, -0.1) is 16.8 Å². The van der Waals surface area contributed by atoms with Crippen LogP contribution in [0.2, 0.25) is 0 Å². The summed E-state index contributed by atoms with van der Waals surface area (Å²) >= 11 is 1.34. The van der Waals surface area contributed by atoms with E-state index in [2.05, 4.69) is 22.1 Å². The average Bonchev–Trinajstić information content (AvgIpc) is 3.19. The van der Waals surface area contributed by atoms with Crippen molar-refractivity contribution in [2.75, 3.05) is 26.0 Å². The number of carbonyl (C=O) groups is 1. The van der Waals surface area contributed by atoms with Crippen molar-refractivity contribution in [1.82, 2.24) is 20.1 Å². The largest absolute Gasteiger partial charge is 0.497 e. The first-order valence-corrected chi connectivity index (χ1v) is 10.5. The van der Waals surface area contributed by atoms with E-state index < -0.39 is 0 Å². The van der Waals surface area contributed by atoms with E-state index >= 15 is 0 Å². The zero-order valence-electron chi connectivity index (χ0n) is 16.8. The first kappa shape index (κ1) is 21.4. The molecule has 1 aromatic heterocycles. The number of allylic oxidation sites excluding steroid dienone is 1. The number of nitrogens with one attached hydrogen (secondary N) is 1. The van der Waals surface area contributed by atoms with E-state index in [0.29, 0.717) is 24.9 Å². The first-order valence-electron chi connectivity index (χ1n) is 9.47. The van der Waals surface area contributed by atoms with Crippen LogP contribution < -0.4 is 14.8 Å². The molecule has 0 spiro atoms. The van der Waals surface area contributed by atoms with Crippen molar-refractivity contribution in [3.05, 3.63) is 67.3 Å². The molecule has 1 amide bonds. The van der Waals surface area contributed by atoms with Crippen molar-refractivity contribution in [2.45, 2.75) is 11.7 Å². The lowest BCUT2D eigenvalue weighted by molar-refractivity contribution is -0.118. The Labute approximate surface area is 180 Å². The van der Waals surface area contributed by atoms with Crippen molar-refractivity contribution in [2.24, 2.45) is 0 Å². The fourth-order valence-electron chi connectivity index (χ4n) is 2.70. The minimum absolute atomic E-state index is 0.0872. The highest BCUT2D eigenvalue weighted by molar-refractivity contribution is 7.99. The fourth-order valence-corrected chi connectivity index (χ4v) is 3.48. The van der Waals surface area contributed by atoms with Crippen LogP contribution >= 0.6 is 11.8 Å². The van der Waals surface area contributed by atoms with E-state index in [4.69, 9.17) is 9.47 Å². The van der Waals surface area contributed by atoms with E-state index in [0.717, 1.165) is 22.9 Å². The second kappa shape index (κ2) is 11.1. The molecule has 3 rings (SSSR count). The zero-order chi connectivity index (χ0) is 21.2. The molecule has 0 radical (unpaired) electrons. The lowest BCUT2D eigenvalue weighted by Gasteiger charge is -2.09. The molecule has 156 valence electrons. The summed E-state index contributed by atoms with van der Waals surface area (Å²) in [4.78, 5) is 12.2. The molecule has 0 bridgehead atoms. The standard InChI is InChI=1S/C22H24N4O3S/c1-3-14-26-21(17-9-11-18(28-2)12-10-17)24-25-22(26)30-16-20(27)23-13-15-29-19-7-5-4-6-8-19/h3-12H,1,13-16H2,2H3,(H,23,27). The Morgan fingerprint density at radius 3 is 2.60 bits per heavy atom. The summed E-state index contributed by atoms with van der Waals surface area (Å²) in [7, 11) is 1.63. The number of aromatic nitrogens is 3. The van der Waals surface area contributed by atoms with Crippen LogP contribution in [-0.2, 0) is 11.3 Å². The van der Waals surface area contributed by atoms with Gasteiger partial charge in [-0.1, -0.05) is 36.0 Å². The van der Waals surface area contributed by atoms with Gasteiger partial charge >= 0.3 is 0 Å². The molecule has 2 aromatic carbocycles. The number of nitrogens with zero attached hydrogens (tertiary/aromatic N) is 3. The van der Waals surface area contributed by atoms with E-state index in [-0.39, 0.29) is 11.7 Å². The monoisotopic (exact) mass is 424 g/mol. The highest BCUT2D eigenvalue weighted by Gasteiger charge is 2.15. The second-order valence-electron chi connectivity index (χ2n) is 6.23. The van der Waals surface area contributed by atoms with E-state index in [1.54, 1.807) is 13.2 Å². The molecule has 1 heterocycles. The molecule has 0 aliphatic rings. The van der Waals surface area contributed by atoms with Gasteiger partial charge < -0.3 is 14.8 Å². The number of thioether (sulfide) groups is 1. The third-order valence-corrected chi connectivity index (χ3v) is 5.11. The third kappa shape index (κ3) is 5.87. The number of methoxy groups -OCH3 is 1. The molecule has 30 heavy (non-hydrogen) atoms. The van der Waals surface area contributed by atoms with Crippen LogP contribution in [0, 0.1) is 0 Å². The van der Waals surface area contributed by atoms with E-state index in [1.165, 1.54) is 11.8 Å². The molecule has 0 saturated carbocycles. The van der Waals surface area contributed by atoms with Crippen LogP contribution in [0.3, 0.4) is 0 Å². The number of amides is 1. The number of para-hydroxylation sites is 1. The molecule has 0 atom stereocenters.